The van der Waals surface area contributed by atoms with E-state index in [0.29, 0.717) is 6.54 Å². The summed E-state index contributed by atoms with van der Waals surface area (Å²) in [6.45, 7) is 5.50. The van der Waals surface area contributed by atoms with Crippen LogP contribution >= 0.6 is 0 Å². The molecule has 0 radical (unpaired) electrons. The fourth-order valence-corrected chi connectivity index (χ4v) is 2.20. The molecule has 22 heavy (non-hydrogen) atoms. The second kappa shape index (κ2) is 8.17. The van der Waals surface area contributed by atoms with E-state index in [1.807, 2.05) is 38.2 Å². The molecule has 0 aromatic carbocycles. The standard InChI is InChI=1S/C16H23N5O/c1-13(15-7-3-4-8-18-15)20-16(22)19-9-5-6-11-21-12-10-17-14(21)2/h3-4,7-8,10,12-13H,5-6,9,11H2,1-2H3,(H2,19,20,22)/t13-/m1/s1. The Morgan fingerprint density at radius 3 is 2.82 bits per heavy atom. The van der Waals surface area contributed by atoms with Gasteiger partial charge in [-0.15, -0.1) is 0 Å². The second-order valence-corrected chi connectivity index (χ2v) is 5.25. The van der Waals surface area contributed by atoms with Crippen LogP contribution in [0.1, 0.15) is 37.3 Å². The van der Waals surface area contributed by atoms with Crippen LogP contribution in [0.25, 0.3) is 0 Å². The zero-order chi connectivity index (χ0) is 15.8. The van der Waals surface area contributed by atoms with E-state index >= 15 is 0 Å². The van der Waals surface area contributed by atoms with E-state index in [1.165, 1.54) is 0 Å². The van der Waals surface area contributed by atoms with Crippen molar-refractivity contribution in [3.8, 4) is 0 Å². The minimum Gasteiger partial charge on any atom is -0.338 e. The summed E-state index contributed by atoms with van der Waals surface area (Å²) in [5, 5.41) is 5.76. The molecule has 0 saturated heterocycles. The molecule has 0 unspecified atom stereocenters. The van der Waals surface area contributed by atoms with Crippen LogP contribution in [0.15, 0.2) is 36.8 Å². The summed E-state index contributed by atoms with van der Waals surface area (Å²) in [6, 6.07) is 5.42. The number of rotatable bonds is 7. The molecule has 6 nitrogen and oxygen atoms in total. The third-order valence-electron chi connectivity index (χ3n) is 3.51. The first-order chi connectivity index (χ1) is 10.7. The highest BCUT2D eigenvalue weighted by Crippen LogP contribution is 2.07. The number of aromatic nitrogens is 3. The first-order valence-corrected chi connectivity index (χ1v) is 7.60. The molecule has 0 aliphatic carbocycles. The predicted octanol–water partition coefficient (Wildman–Crippen LogP) is 2.43. The molecule has 2 N–H and O–H groups in total. The molecule has 0 bridgehead atoms. The van der Waals surface area contributed by atoms with E-state index in [2.05, 4.69) is 25.2 Å². The number of urea groups is 1. The van der Waals surface area contributed by atoms with Gasteiger partial charge in [-0.05, 0) is 38.8 Å². The minimum absolute atomic E-state index is 0.102. The van der Waals surface area contributed by atoms with Gasteiger partial charge in [-0.1, -0.05) is 6.07 Å². The number of hydrogen-bond acceptors (Lipinski definition) is 3. The average molecular weight is 301 g/mol. The van der Waals surface area contributed by atoms with Crippen LogP contribution in [-0.4, -0.2) is 27.1 Å². The molecule has 0 saturated carbocycles. The highest BCUT2D eigenvalue weighted by atomic mass is 16.2. The average Bonchev–Trinajstić information content (AvgIpc) is 2.93. The molecule has 2 aromatic heterocycles. The number of imidazole rings is 1. The minimum atomic E-state index is -0.156. The lowest BCUT2D eigenvalue weighted by atomic mass is 10.2. The number of carbonyl (C=O) groups is 1. The van der Waals surface area contributed by atoms with E-state index < -0.39 is 0 Å². The summed E-state index contributed by atoms with van der Waals surface area (Å²) in [4.78, 5) is 20.2. The fraction of sp³-hybridized carbons (Fsp3) is 0.438. The van der Waals surface area contributed by atoms with Gasteiger partial charge in [0.2, 0.25) is 0 Å². The quantitative estimate of drug-likeness (QED) is 0.772. The zero-order valence-electron chi connectivity index (χ0n) is 13.1. The van der Waals surface area contributed by atoms with Crippen LogP contribution in [-0.2, 0) is 6.54 Å². The lowest BCUT2D eigenvalue weighted by Gasteiger charge is -2.14. The Morgan fingerprint density at radius 2 is 2.14 bits per heavy atom. The van der Waals surface area contributed by atoms with E-state index in [-0.39, 0.29) is 12.1 Å². The first-order valence-electron chi connectivity index (χ1n) is 7.60. The molecule has 0 aliphatic rings. The van der Waals surface area contributed by atoms with Gasteiger partial charge >= 0.3 is 6.03 Å². The van der Waals surface area contributed by atoms with Crippen molar-refractivity contribution in [3.63, 3.8) is 0 Å². The van der Waals surface area contributed by atoms with Gasteiger partial charge in [0, 0.05) is 31.7 Å². The van der Waals surface area contributed by atoms with Crippen LogP contribution in [0, 0.1) is 6.92 Å². The van der Waals surface area contributed by atoms with Gasteiger partial charge in [0.05, 0.1) is 11.7 Å². The molecular weight excluding hydrogens is 278 g/mol. The molecular formula is C16H23N5O. The van der Waals surface area contributed by atoms with Crippen LogP contribution in [0.3, 0.4) is 0 Å². The van der Waals surface area contributed by atoms with Gasteiger partial charge < -0.3 is 15.2 Å². The van der Waals surface area contributed by atoms with Crippen LogP contribution < -0.4 is 10.6 Å². The Hall–Kier alpha value is -2.37. The monoisotopic (exact) mass is 301 g/mol. The van der Waals surface area contributed by atoms with Gasteiger partial charge in [-0.3, -0.25) is 4.98 Å². The number of carbonyl (C=O) groups excluding carboxylic acids is 1. The van der Waals surface area contributed by atoms with Gasteiger partial charge in [-0.2, -0.15) is 0 Å². The number of nitrogens with zero attached hydrogens (tertiary/aromatic N) is 3. The van der Waals surface area contributed by atoms with Crippen molar-refractivity contribution in [2.75, 3.05) is 6.54 Å². The number of unbranched alkanes of at least 4 members (excludes halogenated alkanes) is 1. The predicted molar refractivity (Wildman–Crippen MR) is 85.4 cm³/mol. The molecule has 0 aliphatic heterocycles. The molecule has 6 heteroatoms. The maximum atomic E-state index is 11.8. The normalized spacial score (nSPS) is 11.9. The highest BCUT2D eigenvalue weighted by molar-refractivity contribution is 5.74. The van der Waals surface area contributed by atoms with Crippen molar-refractivity contribution in [3.05, 3.63) is 48.3 Å². The molecule has 2 amide bonds. The van der Waals surface area contributed by atoms with E-state index in [0.717, 1.165) is 30.9 Å². The largest absolute Gasteiger partial charge is 0.338 e. The van der Waals surface area contributed by atoms with Crippen molar-refractivity contribution in [2.24, 2.45) is 0 Å². The van der Waals surface area contributed by atoms with Gasteiger partial charge in [-0.25, -0.2) is 9.78 Å². The summed E-state index contributed by atoms with van der Waals surface area (Å²) >= 11 is 0. The Kier molecular flexibility index (Phi) is 5.94. The van der Waals surface area contributed by atoms with Crippen molar-refractivity contribution >= 4 is 6.03 Å². The zero-order valence-corrected chi connectivity index (χ0v) is 13.1. The third-order valence-corrected chi connectivity index (χ3v) is 3.51. The summed E-state index contributed by atoms with van der Waals surface area (Å²) in [6.07, 6.45) is 7.45. The summed E-state index contributed by atoms with van der Waals surface area (Å²) < 4.78 is 2.11. The Labute approximate surface area is 131 Å². The molecule has 2 heterocycles. The highest BCUT2D eigenvalue weighted by Gasteiger charge is 2.09. The van der Waals surface area contributed by atoms with Crippen LogP contribution in [0.5, 0.6) is 0 Å². The molecule has 0 fully saturated rings. The fourth-order valence-electron chi connectivity index (χ4n) is 2.20. The second-order valence-electron chi connectivity index (χ2n) is 5.25. The smallest absolute Gasteiger partial charge is 0.315 e. The Bertz CT molecular complexity index is 581. The summed E-state index contributed by atoms with van der Waals surface area (Å²) in [5.74, 6) is 1.02. The van der Waals surface area contributed by atoms with Gasteiger partial charge in [0.1, 0.15) is 5.82 Å². The summed E-state index contributed by atoms with van der Waals surface area (Å²) in [5.41, 5.74) is 0.855. The summed E-state index contributed by atoms with van der Waals surface area (Å²) in [7, 11) is 0. The van der Waals surface area contributed by atoms with E-state index in [4.69, 9.17) is 0 Å². The van der Waals surface area contributed by atoms with Crippen molar-refractivity contribution in [1.82, 2.24) is 25.2 Å². The number of pyridine rings is 1. The molecule has 1 atom stereocenters. The number of nitrogens with one attached hydrogen (secondary N) is 2. The number of aryl methyl sites for hydroxylation is 2. The lowest BCUT2D eigenvalue weighted by molar-refractivity contribution is 0.237. The maximum Gasteiger partial charge on any atom is 0.315 e. The van der Waals surface area contributed by atoms with E-state index in [9.17, 15) is 4.79 Å². The maximum absolute atomic E-state index is 11.8. The lowest BCUT2D eigenvalue weighted by Crippen LogP contribution is -2.37. The number of hydrogen-bond donors (Lipinski definition) is 2. The SMILES string of the molecule is Cc1nccn1CCCCNC(=O)N[C@H](C)c1ccccn1. The third kappa shape index (κ3) is 4.87. The van der Waals surface area contributed by atoms with Gasteiger partial charge in [0.25, 0.3) is 0 Å². The molecule has 118 valence electrons. The van der Waals surface area contributed by atoms with Gasteiger partial charge in [0.15, 0.2) is 0 Å². The van der Waals surface area contributed by atoms with Crippen LogP contribution in [0.2, 0.25) is 0 Å². The topological polar surface area (TPSA) is 71.8 Å². The molecule has 2 aromatic rings. The molecule has 2 rings (SSSR count). The number of amides is 2. The van der Waals surface area contributed by atoms with Crippen molar-refractivity contribution < 1.29 is 4.79 Å². The van der Waals surface area contributed by atoms with Crippen molar-refractivity contribution in [2.45, 2.75) is 39.3 Å². The van der Waals surface area contributed by atoms with E-state index in [1.54, 1.807) is 12.4 Å². The Morgan fingerprint density at radius 1 is 1.27 bits per heavy atom. The van der Waals surface area contributed by atoms with Crippen LogP contribution in [0.4, 0.5) is 4.79 Å². The Balaban J connectivity index is 1.61. The van der Waals surface area contributed by atoms with Crippen molar-refractivity contribution in [1.29, 1.82) is 0 Å². The first kappa shape index (κ1) is 16.0. The molecule has 0 spiro atoms.